The van der Waals surface area contributed by atoms with Crippen LogP contribution >= 0.6 is 11.6 Å². The molecule has 0 aliphatic carbocycles. The lowest BCUT2D eigenvalue weighted by atomic mass is 9.92. The van der Waals surface area contributed by atoms with Crippen molar-refractivity contribution in [3.8, 4) is 5.75 Å². The Kier molecular flexibility index (Phi) is 6.81. The molecule has 0 spiro atoms. The summed E-state index contributed by atoms with van der Waals surface area (Å²) in [6, 6.07) is 13.2. The van der Waals surface area contributed by atoms with E-state index in [2.05, 4.69) is 12.1 Å². The van der Waals surface area contributed by atoms with Gasteiger partial charge in [0.1, 0.15) is 11.8 Å². The van der Waals surface area contributed by atoms with Crippen molar-refractivity contribution in [1.29, 1.82) is 0 Å². The van der Waals surface area contributed by atoms with Crippen LogP contribution < -0.4 is 4.74 Å². The third-order valence-electron chi connectivity index (χ3n) is 6.20. The molecule has 2 amide bonds. The molecule has 0 saturated carbocycles. The fourth-order valence-electron chi connectivity index (χ4n) is 4.48. The second-order valence-electron chi connectivity index (χ2n) is 8.40. The van der Waals surface area contributed by atoms with E-state index in [0.29, 0.717) is 37.4 Å². The van der Waals surface area contributed by atoms with Crippen LogP contribution in [0, 0.1) is 6.92 Å². The number of hydrogen-bond acceptors (Lipinski definition) is 3. The van der Waals surface area contributed by atoms with Crippen LogP contribution in [-0.4, -0.2) is 47.4 Å². The Hall–Kier alpha value is -2.53. The predicted molar refractivity (Wildman–Crippen MR) is 121 cm³/mol. The van der Waals surface area contributed by atoms with Crippen LogP contribution in [0.15, 0.2) is 42.5 Å². The van der Waals surface area contributed by atoms with Crippen molar-refractivity contribution in [3.63, 3.8) is 0 Å². The van der Waals surface area contributed by atoms with Gasteiger partial charge in [-0.05, 0) is 61.1 Å². The van der Waals surface area contributed by atoms with Crippen molar-refractivity contribution in [1.82, 2.24) is 9.80 Å². The number of aryl methyl sites for hydroxylation is 1. The van der Waals surface area contributed by atoms with Crippen molar-refractivity contribution in [2.24, 2.45) is 0 Å². The Morgan fingerprint density at radius 1 is 1.10 bits per heavy atom. The zero-order valence-electron chi connectivity index (χ0n) is 18.0. The van der Waals surface area contributed by atoms with Crippen LogP contribution in [0.25, 0.3) is 0 Å². The minimum Gasteiger partial charge on any atom is -0.493 e. The molecule has 2 heterocycles. The van der Waals surface area contributed by atoms with Gasteiger partial charge in [-0.3, -0.25) is 9.59 Å². The number of benzene rings is 2. The molecule has 1 atom stereocenters. The van der Waals surface area contributed by atoms with E-state index in [4.69, 9.17) is 16.3 Å². The van der Waals surface area contributed by atoms with Crippen molar-refractivity contribution >= 4 is 23.4 Å². The van der Waals surface area contributed by atoms with Crippen molar-refractivity contribution in [2.75, 3.05) is 19.7 Å². The van der Waals surface area contributed by atoms with Gasteiger partial charge in [0.15, 0.2) is 0 Å². The molecule has 2 aromatic carbocycles. The SMILES string of the molecule is Cc1cc(Cl)ccc1OCCCC(=O)N1Cc2ccccc2CC1C(=O)N1CCCC1. The number of amides is 2. The molecular formula is C25H29ClN2O3. The maximum Gasteiger partial charge on any atom is 0.245 e. The summed E-state index contributed by atoms with van der Waals surface area (Å²) in [4.78, 5) is 30.1. The Morgan fingerprint density at radius 2 is 1.84 bits per heavy atom. The van der Waals surface area contributed by atoms with E-state index in [-0.39, 0.29) is 11.8 Å². The standard InChI is InChI=1S/C25H29ClN2O3/c1-18-15-21(26)10-11-23(18)31-14-6-9-24(29)28-17-20-8-3-2-7-19(20)16-22(28)25(30)27-12-4-5-13-27/h2-3,7-8,10-11,15,22H,4-6,9,12-14,16-17H2,1H3. The van der Waals surface area contributed by atoms with E-state index >= 15 is 0 Å². The highest BCUT2D eigenvalue weighted by molar-refractivity contribution is 6.30. The second kappa shape index (κ2) is 9.73. The Labute approximate surface area is 188 Å². The number of carbonyl (C=O) groups excluding carboxylic acids is 2. The fraction of sp³-hybridized carbons (Fsp3) is 0.440. The van der Waals surface area contributed by atoms with Gasteiger partial charge in [-0.1, -0.05) is 35.9 Å². The van der Waals surface area contributed by atoms with Crippen molar-refractivity contribution in [3.05, 3.63) is 64.2 Å². The Balaban J connectivity index is 1.39. The van der Waals surface area contributed by atoms with Gasteiger partial charge < -0.3 is 14.5 Å². The number of halogens is 1. The molecule has 0 radical (unpaired) electrons. The van der Waals surface area contributed by atoms with Gasteiger partial charge in [0.05, 0.1) is 6.61 Å². The van der Waals surface area contributed by atoms with E-state index in [9.17, 15) is 9.59 Å². The summed E-state index contributed by atoms with van der Waals surface area (Å²) in [7, 11) is 0. The molecule has 4 rings (SSSR count). The zero-order valence-corrected chi connectivity index (χ0v) is 18.7. The molecule has 164 valence electrons. The van der Waals surface area contributed by atoms with E-state index in [0.717, 1.165) is 42.8 Å². The van der Waals surface area contributed by atoms with Crippen molar-refractivity contribution in [2.45, 2.75) is 51.6 Å². The van der Waals surface area contributed by atoms with Crippen LogP contribution in [0.5, 0.6) is 5.75 Å². The van der Waals surface area contributed by atoms with Gasteiger partial charge >= 0.3 is 0 Å². The van der Waals surface area contributed by atoms with E-state index in [1.807, 2.05) is 36.1 Å². The summed E-state index contributed by atoms with van der Waals surface area (Å²) >= 11 is 5.99. The number of ether oxygens (including phenoxy) is 1. The highest BCUT2D eigenvalue weighted by Crippen LogP contribution is 2.27. The topological polar surface area (TPSA) is 49.9 Å². The highest BCUT2D eigenvalue weighted by atomic mass is 35.5. The van der Waals surface area contributed by atoms with Crippen LogP contribution in [0.2, 0.25) is 5.02 Å². The second-order valence-corrected chi connectivity index (χ2v) is 8.84. The van der Waals surface area contributed by atoms with Gasteiger partial charge in [-0.15, -0.1) is 0 Å². The third kappa shape index (κ3) is 5.04. The number of rotatable bonds is 6. The lowest BCUT2D eigenvalue weighted by molar-refractivity contribution is -0.146. The normalized spacial score (nSPS) is 18.1. The van der Waals surface area contributed by atoms with E-state index in [1.54, 1.807) is 11.0 Å². The molecular weight excluding hydrogens is 412 g/mol. The quantitative estimate of drug-likeness (QED) is 0.626. The van der Waals surface area contributed by atoms with Gasteiger partial charge in [-0.2, -0.15) is 0 Å². The lowest BCUT2D eigenvalue weighted by Crippen LogP contribution is -2.53. The summed E-state index contributed by atoms with van der Waals surface area (Å²) in [6.07, 6.45) is 3.65. The maximum atomic E-state index is 13.2. The van der Waals surface area contributed by atoms with Gasteiger partial charge in [-0.25, -0.2) is 0 Å². The number of fused-ring (bicyclic) bond motifs is 1. The Morgan fingerprint density at radius 3 is 2.58 bits per heavy atom. The molecule has 2 aliphatic rings. The molecule has 0 aromatic heterocycles. The number of nitrogens with zero attached hydrogens (tertiary/aromatic N) is 2. The summed E-state index contributed by atoms with van der Waals surface area (Å²) in [5.41, 5.74) is 3.28. The molecule has 6 heteroatoms. The number of carbonyl (C=O) groups is 2. The average Bonchev–Trinajstić information content (AvgIpc) is 3.31. The summed E-state index contributed by atoms with van der Waals surface area (Å²) in [5, 5.41) is 0.680. The predicted octanol–water partition coefficient (Wildman–Crippen LogP) is 4.38. The number of hydrogen-bond donors (Lipinski definition) is 0. The molecule has 0 bridgehead atoms. The first kappa shape index (κ1) is 21.7. The molecule has 5 nitrogen and oxygen atoms in total. The molecule has 1 fully saturated rings. The fourth-order valence-corrected chi connectivity index (χ4v) is 4.70. The monoisotopic (exact) mass is 440 g/mol. The smallest absolute Gasteiger partial charge is 0.245 e. The first-order chi connectivity index (χ1) is 15.0. The Bertz CT molecular complexity index is 956. The molecule has 31 heavy (non-hydrogen) atoms. The number of likely N-dealkylation sites (tertiary alicyclic amines) is 1. The van der Waals surface area contributed by atoms with E-state index < -0.39 is 6.04 Å². The summed E-state index contributed by atoms with van der Waals surface area (Å²) in [6.45, 7) is 4.49. The lowest BCUT2D eigenvalue weighted by Gasteiger charge is -2.38. The summed E-state index contributed by atoms with van der Waals surface area (Å²) in [5.74, 6) is 0.891. The van der Waals surface area contributed by atoms with Gasteiger partial charge in [0, 0.05) is 37.5 Å². The first-order valence-corrected chi connectivity index (χ1v) is 11.4. The molecule has 0 N–H and O–H groups in total. The minimum atomic E-state index is -0.403. The maximum absolute atomic E-state index is 13.2. The van der Waals surface area contributed by atoms with Crippen LogP contribution in [0.4, 0.5) is 0 Å². The average molecular weight is 441 g/mol. The van der Waals surface area contributed by atoms with Crippen LogP contribution in [-0.2, 0) is 22.6 Å². The molecule has 1 unspecified atom stereocenters. The highest BCUT2D eigenvalue weighted by Gasteiger charge is 2.37. The molecule has 2 aromatic rings. The zero-order chi connectivity index (χ0) is 21.8. The molecule has 2 aliphatic heterocycles. The third-order valence-corrected chi connectivity index (χ3v) is 6.44. The van der Waals surface area contributed by atoms with Gasteiger partial charge in [0.2, 0.25) is 11.8 Å². The van der Waals surface area contributed by atoms with Crippen LogP contribution in [0.3, 0.4) is 0 Å². The van der Waals surface area contributed by atoms with Crippen LogP contribution in [0.1, 0.15) is 42.4 Å². The minimum absolute atomic E-state index is 0.0171. The molecule has 1 saturated heterocycles. The summed E-state index contributed by atoms with van der Waals surface area (Å²) < 4.78 is 5.84. The van der Waals surface area contributed by atoms with Crippen molar-refractivity contribution < 1.29 is 14.3 Å². The van der Waals surface area contributed by atoms with Gasteiger partial charge in [0.25, 0.3) is 0 Å². The van der Waals surface area contributed by atoms with E-state index in [1.165, 1.54) is 5.56 Å². The first-order valence-electron chi connectivity index (χ1n) is 11.1. The largest absolute Gasteiger partial charge is 0.493 e.